The minimum absolute atomic E-state index is 0.0305. The molecule has 1 aromatic heterocycles. The molecule has 0 amide bonds. The monoisotopic (exact) mass is 587 g/mol. The summed E-state index contributed by atoms with van der Waals surface area (Å²) in [7, 11) is 0. The van der Waals surface area contributed by atoms with Gasteiger partial charge in [-0.15, -0.1) is 0 Å². The van der Waals surface area contributed by atoms with Crippen molar-refractivity contribution in [3.8, 4) is 44.5 Å². The van der Waals surface area contributed by atoms with Crippen molar-refractivity contribution in [3.63, 3.8) is 0 Å². The van der Waals surface area contributed by atoms with Crippen LogP contribution in [0.4, 0.5) is 0 Å². The number of rotatable bonds is 4. The zero-order valence-corrected chi connectivity index (χ0v) is 23.4. The standard InChI is InChI=1S/C44H28O/c1-3-12-29(13-4-1)32-22-24-35-36-25-23-33(28-42(36)45-41(35)27-32)31-16-11-17-34(26-31)44-39-20-9-7-18-37(39)43(30-14-5-2-6-15-30)38-19-8-10-21-40(38)44/h1-28H/i1D,3D,4D,11D,12D,13D,16D,17D,22D,23D,24D,25D,26D,27D,28D. The van der Waals surface area contributed by atoms with Crippen LogP contribution in [0, 0.1) is 0 Å². The van der Waals surface area contributed by atoms with Crippen molar-refractivity contribution in [1.29, 1.82) is 0 Å². The van der Waals surface area contributed by atoms with Gasteiger partial charge in [-0.05, 0) is 96.3 Å². The first kappa shape index (κ1) is 14.7. The van der Waals surface area contributed by atoms with Crippen LogP contribution in [-0.2, 0) is 0 Å². The molecular weight excluding hydrogens is 544 g/mol. The van der Waals surface area contributed by atoms with Gasteiger partial charge in [-0.3, -0.25) is 0 Å². The van der Waals surface area contributed by atoms with Crippen LogP contribution >= 0.6 is 0 Å². The molecule has 45 heavy (non-hydrogen) atoms. The summed E-state index contributed by atoms with van der Waals surface area (Å²) < 4.78 is 139. The van der Waals surface area contributed by atoms with Crippen molar-refractivity contribution in [1.82, 2.24) is 0 Å². The van der Waals surface area contributed by atoms with Crippen LogP contribution in [0.1, 0.15) is 20.6 Å². The molecule has 0 saturated carbocycles. The fourth-order valence-electron chi connectivity index (χ4n) is 5.92. The van der Waals surface area contributed by atoms with Crippen molar-refractivity contribution in [2.75, 3.05) is 0 Å². The maximum atomic E-state index is 9.71. The van der Waals surface area contributed by atoms with E-state index in [-0.39, 0.29) is 21.9 Å². The summed E-state index contributed by atoms with van der Waals surface area (Å²) in [6.45, 7) is 0. The van der Waals surface area contributed by atoms with E-state index in [0.717, 1.165) is 21.9 Å². The Morgan fingerprint density at radius 3 is 1.40 bits per heavy atom. The average molecular weight is 588 g/mol. The lowest BCUT2D eigenvalue weighted by Crippen LogP contribution is -1.91. The highest BCUT2D eigenvalue weighted by Gasteiger charge is 2.17. The van der Waals surface area contributed by atoms with Gasteiger partial charge in [0.05, 0.1) is 20.6 Å². The number of benzene rings is 8. The molecule has 210 valence electrons. The van der Waals surface area contributed by atoms with Crippen molar-refractivity contribution in [2.24, 2.45) is 0 Å². The lowest BCUT2D eigenvalue weighted by atomic mass is 9.85. The number of fused-ring (bicyclic) bond motifs is 5. The first-order valence-corrected chi connectivity index (χ1v) is 14.2. The zero-order valence-electron chi connectivity index (χ0n) is 38.4. The molecule has 0 saturated heterocycles. The molecule has 0 fully saturated rings. The predicted molar refractivity (Wildman–Crippen MR) is 190 cm³/mol. The molecule has 8 aromatic carbocycles. The minimum Gasteiger partial charge on any atom is -0.456 e. The first-order valence-electron chi connectivity index (χ1n) is 21.7. The second-order valence-corrected chi connectivity index (χ2v) is 10.5. The van der Waals surface area contributed by atoms with Crippen molar-refractivity contribution in [2.45, 2.75) is 0 Å². The molecule has 0 radical (unpaired) electrons. The van der Waals surface area contributed by atoms with E-state index in [1.807, 2.05) is 78.9 Å². The molecule has 0 aliphatic rings. The van der Waals surface area contributed by atoms with E-state index >= 15 is 0 Å². The largest absolute Gasteiger partial charge is 0.456 e. The van der Waals surface area contributed by atoms with Gasteiger partial charge in [-0.2, -0.15) is 0 Å². The molecule has 9 rings (SSSR count). The molecular formula is C44H28O. The summed E-state index contributed by atoms with van der Waals surface area (Å²) in [4.78, 5) is 0. The van der Waals surface area contributed by atoms with Gasteiger partial charge in [-0.1, -0.05) is 139 Å². The first-order chi connectivity index (χ1) is 28.6. The van der Waals surface area contributed by atoms with E-state index in [9.17, 15) is 6.85 Å². The summed E-state index contributed by atoms with van der Waals surface area (Å²) in [6.07, 6.45) is 0. The van der Waals surface area contributed by atoms with Crippen molar-refractivity contribution >= 4 is 43.5 Å². The van der Waals surface area contributed by atoms with Crippen LogP contribution in [-0.4, -0.2) is 0 Å². The summed E-state index contributed by atoms with van der Waals surface area (Å²) in [5.41, 5.74) is -0.436. The normalized spacial score (nSPS) is 16.2. The van der Waals surface area contributed by atoms with Gasteiger partial charge >= 0.3 is 0 Å². The Balaban J connectivity index is 1.37. The SMILES string of the molecule is [2H]c1c([2H])c([2H])c(-c2c([2H])c([2H])c3c(oc4c([2H])c(-c5c([2H])c([2H])c([2H])c(-c6c7ccccc7c(-c7ccccc7)c7ccccc67)c5[2H])c([2H])c([2H])c43)c2[2H])c([2H])c1[2H]. The van der Waals surface area contributed by atoms with Gasteiger partial charge in [-0.25, -0.2) is 0 Å². The minimum atomic E-state index is -0.719. The Morgan fingerprint density at radius 1 is 0.333 bits per heavy atom. The van der Waals surface area contributed by atoms with Gasteiger partial charge in [0.25, 0.3) is 0 Å². The maximum Gasteiger partial charge on any atom is 0.136 e. The summed E-state index contributed by atoms with van der Waals surface area (Å²) in [5, 5.41) is 2.34. The Kier molecular flexibility index (Phi) is 3.39. The van der Waals surface area contributed by atoms with Crippen molar-refractivity contribution < 1.29 is 25.0 Å². The second-order valence-electron chi connectivity index (χ2n) is 10.5. The fraction of sp³-hybridized carbons (Fsp3) is 0. The maximum absolute atomic E-state index is 9.71. The zero-order chi connectivity index (χ0) is 42.8. The van der Waals surface area contributed by atoms with Gasteiger partial charge in [0, 0.05) is 10.8 Å². The van der Waals surface area contributed by atoms with E-state index < -0.39 is 118 Å². The Bertz CT molecular complexity index is 3290. The molecule has 0 bridgehead atoms. The van der Waals surface area contributed by atoms with E-state index in [1.54, 1.807) is 0 Å². The average Bonchev–Trinajstić information content (AvgIpc) is 3.67. The quantitative estimate of drug-likeness (QED) is 0.187. The molecule has 1 heteroatoms. The van der Waals surface area contributed by atoms with Crippen LogP contribution in [0.5, 0.6) is 0 Å². The van der Waals surface area contributed by atoms with Crippen LogP contribution in [0.25, 0.3) is 88.0 Å². The van der Waals surface area contributed by atoms with Crippen LogP contribution < -0.4 is 0 Å². The highest BCUT2D eigenvalue weighted by molar-refractivity contribution is 6.21. The summed E-state index contributed by atoms with van der Waals surface area (Å²) in [5.74, 6) is 0. The lowest BCUT2D eigenvalue weighted by molar-refractivity contribution is 0.669. The third-order valence-electron chi connectivity index (χ3n) is 7.88. The Hall–Kier alpha value is -5.92. The molecule has 0 spiro atoms. The number of hydrogen-bond acceptors (Lipinski definition) is 1. The summed E-state index contributed by atoms with van der Waals surface area (Å²) >= 11 is 0. The van der Waals surface area contributed by atoms with Crippen LogP contribution in [0.2, 0.25) is 0 Å². The number of hydrogen-bond donors (Lipinski definition) is 0. The molecule has 1 nitrogen and oxygen atoms in total. The molecule has 1 heterocycles. The van der Waals surface area contributed by atoms with Gasteiger partial charge < -0.3 is 4.42 Å². The predicted octanol–water partition coefficient (Wildman–Crippen LogP) is 12.6. The highest BCUT2D eigenvalue weighted by atomic mass is 16.3. The summed E-state index contributed by atoms with van der Waals surface area (Å²) in [6, 6.07) is 15.2. The topological polar surface area (TPSA) is 13.1 Å². The van der Waals surface area contributed by atoms with Gasteiger partial charge in [0.1, 0.15) is 11.2 Å². The van der Waals surface area contributed by atoms with E-state index in [2.05, 4.69) is 0 Å². The van der Waals surface area contributed by atoms with Crippen LogP contribution in [0.3, 0.4) is 0 Å². The molecule has 0 aliphatic carbocycles. The fourth-order valence-corrected chi connectivity index (χ4v) is 5.92. The second kappa shape index (κ2) is 10.4. The number of furan rings is 1. The van der Waals surface area contributed by atoms with E-state index in [1.165, 1.54) is 0 Å². The van der Waals surface area contributed by atoms with Gasteiger partial charge in [0.15, 0.2) is 0 Å². The third-order valence-corrected chi connectivity index (χ3v) is 7.88. The van der Waals surface area contributed by atoms with E-state index in [4.69, 9.17) is 18.1 Å². The molecule has 0 N–H and O–H groups in total. The van der Waals surface area contributed by atoms with Crippen LogP contribution in [0.15, 0.2) is 174 Å². The Labute approximate surface area is 282 Å². The molecule has 9 aromatic rings. The highest BCUT2D eigenvalue weighted by Crippen LogP contribution is 2.44. The Morgan fingerprint density at radius 2 is 0.800 bits per heavy atom. The van der Waals surface area contributed by atoms with Crippen molar-refractivity contribution in [3.05, 3.63) is 169 Å². The molecule has 0 unspecified atom stereocenters. The molecule has 0 atom stereocenters. The van der Waals surface area contributed by atoms with Gasteiger partial charge in [0.2, 0.25) is 0 Å². The molecule has 0 aliphatic heterocycles. The lowest BCUT2D eigenvalue weighted by Gasteiger charge is -2.18. The van der Waals surface area contributed by atoms with E-state index in [0.29, 0.717) is 16.3 Å². The smallest absolute Gasteiger partial charge is 0.136 e. The third kappa shape index (κ3) is 4.24.